The Hall–Kier alpha value is -1.80. The Kier molecular flexibility index (Phi) is 3.03. The second-order valence-electron chi connectivity index (χ2n) is 5.23. The molecule has 0 spiro atoms. The zero-order chi connectivity index (χ0) is 13.3. The van der Waals surface area contributed by atoms with Gasteiger partial charge in [0.2, 0.25) is 0 Å². The number of anilines is 1. The van der Waals surface area contributed by atoms with Gasteiger partial charge in [0.25, 0.3) is 0 Å². The molecule has 1 aromatic rings. The molecule has 1 fully saturated rings. The molecule has 2 heteroatoms. The molecule has 1 heterocycles. The molecule has 3 rings (SSSR count). The van der Waals surface area contributed by atoms with Crippen molar-refractivity contribution in [2.24, 2.45) is 0 Å². The maximum atomic E-state index is 5.94. The van der Waals surface area contributed by atoms with Crippen LogP contribution in [0.2, 0.25) is 0 Å². The van der Waals surface area contributed by atoms with Crippen molar-refractivity contribution >= 4 is 5.69 Å². The van der Waals surface area contributed by atoms with Crippen LogP contribution in [-0.2, 0) is 4.74 Å². The fourth-order valence-electron chi connectivity index (χ4n) is 2.77. The lowest BCUT2D eigenvalue weighted by Crippen LogP contribution is -2.36. The number of rotatable bonds is 5. The van der Waals surface area contributed by atoms with Gasteiger partial charge in [-0.25, -0.2) is 0 Å². The third kappa shape index (κ3) is 2.24. The summed E-state index contributed by atoms with van der Waals surface area (Å²) in [4.78, 5) is 2.32. The number of fused-ring (bicyclic) bond motifs is 1. The summed E-state index contributed by atoms with van der Waals surface area (Å²) >= 11 is 0. The quantitative estimate of drug-likeness (QED) is 0.591. The topological polar surface area (TPSA) is 15.8 Å². The highest BCUT2D eigenvalue weighted by Gasteiger charge is 2.56. The minimum atomic E-state index is -0.127. The average Bonchev–Trinajstić information content (AvgIpc) is 3.16. The van der Waals surface area contributed by atoms with Crippen LogP contribution >= 0.6 is 0 Å². The normalized spacial score (nSPS) is 27.4. The van der Waals surface area contributed by atoms with Crippen LogP contribution in [0.15, 0.2) is 66.8 Å². The third-order valence-corrected chi connectivity index (χ3v) is 3.78. The fraction of sp³-hybridized carbons (Fsp3) is 0.294. The number of epoxide rings is 1. The molecule has 0 amide bonds. The Morgan fingerprint density at radius 3 is 2.89 bits per heavy atom. The molecule has 2 unspecified atom stereocenters. The molecular weight excluding hydrogens is 234 g/mol. The van der Waals surface area contributed by atoms with Crippen LogP contribution in [0.1, 0.15) is 6.92 Å². The first-order valence-corrected chi connectivity index (χ1v) is 6.70. The molecule has 0 radical (unpaired) electrons. The van der Waals surface area contributed by atoms with E-state index in [2.05, 4.69) is 60.9 Å². The smallest absolute Gasteiger partial charge is 0.135 e. The van der Waals surface area contributed by atoms with Gasteiger partial charge >= 0.3 is 0 Å². The second-order valence-corrected chi connectivity index (χ2v) is 5.23. The van der Waals surface area contributed by atoms with Crippen LogP contribution in [0, 0.1) is 0 Å². The Morgan fingerprint density at radius 1 is 1.37 bits per heavy atom. The van der Waals surface area contributed by atoms with E-state index in [1.165, 1.54) is 11.3 Å². The van der Waals surface area contributed by atoms with E-state index in [0.29, 0.717) is 0 Å². The second kappa shape index (κ2) is 4.71. The van der Waals surface area contributed by atoms with Crippen LogP contribution in [0.5, 0.6) is 0 Å². The lowest BCUT2D eigenvalue weighted by molar-refractivity contribution is 0.340. The van der Waals surface area contributed by atoms with E-state index in [-0.39, 0.29) is 11.7 Å². The van der Waals surface area contributed by atoms with Crippen molar-refractivity contribution in [1.82, 2.24) is 0 Å². The molecule has 2 nitrogen and oxygen atoms in total. The predicted octanol–water partition coefficient (Wildman–Crippen LogP) is 3.33. The lowest BCUT2D eigenvalue weighted by Gasteiger charge is -2.26. The van der Waals surface area contributed by atoms with Crippen LogP contribution in [-0.4, -0.2) is 24.8 Å². The Bertz CT molecular complexity index is 531. The van der Waals surface area contributed by atoms with Crippen molar-refractivity contribution in [2.75, 3.05) is 18.0 Å². The molecule has 98 valence electrons. The molecule has 0 saturated carbocycles. The molecular formula is C17H19NO. The molecule has 1 aliphatic heterocycles. The lowest BCUT2D eigenvalue weighted by atomic mass is 9.94. The van der Waals surface area contributed by atoms with Gasteiger partial charge in [-0.2, -0.15) is 0 Å². The fourth-order valence-corrected chi connectivity index (χ4v) is 2.77. The van der Waals surface area contributed by atoms with E-state index in [4.69, 9.17) is 4.74 Å². The first-order chi connectivity index (χ1) is 9.25. The zero-order valence-electron chi connectivity index (χ0n) is 11.3. The molecule has 1 aromatic carbocycles. The van der Waals surface area contributed by atoms with Crippen LogP contribution in [0.4, 0.5) is 5.69 Å². The summed E-state index contributed by atoms with van der Waals surface area (Å²) in [5.41, 5.74) is 2.40. The first-order valence-electron chi connectivity index (χ1n) is 6.70. The molecule has 2 atom stereocenters. The van der Waals surface area contributed by atoms with Crippen LogP contribution in [0.25, 0.3) is 0 Å². The molecule has 1 aliphatic carbocycles. The van der Waals surface area contributed by atoms with Crippen LogP contribution in [0.3, 0.4) is 0 Å². The largest absolute Gasteiger partial charge is 0.364 e. The van der Waals surface area contributed by atoms with Gasteiger partial charge in [-0.3, -0.25) is 0 Å². The number of ether oxygens (including phenoxy) is 1. The van der Waals surface area contributed by atoms with Gasteiger partial charge in [0.05, 0.1) is 6.54 Å². The van der Waals surface area contributed by atoms with E-state index in [1.54, 1.807) is 0 Å². The SMILES string of the molecule is C=CCN(CC12C=CC=C(C)C1O2)c1ccccc1. The van der Waals surface area contributed by atoms with Gasteiger partial charge in [0, 0.05) is 12.2 Å². The molecule has 0 N–H and O–H groups in total. The molecule has 0 aromatic heterocycles. The number of allylic oxidation sites excluding steroid dienone is 2. The summed E-state index contributed by atoms with van der Waals surface area (Å²) in [5.74, 6) is 0. The molecule has 0 bridgehead atoms. The molecule has 19 heavy (non-hydrogen) atoms. The van der Waals surface area contributed by atoms with Gasteiger partial charge in [-0.15, -0.1) is 6.58 Å². The number of para-hydroxylation sites is 1. The summed E-state index contributed by atoms with van der Waals surface area (Å²) in [6.07, 6.45) is 8.63. The number of hydrogen-bond acceptors (Lipinski definition) is 2. The van der Waals surface area contributed by atoms with E-state index in [0.717, 1.165) is 13.1 Å². The minimum Gasteiger partial charge on any atom is -0.364 e. The average molecular weight is 253 g/mol. The minimum absolute atomic E-state index is 0.127. The van der Waals surface area contributed by atoms with E-state index < -0.39 is 0 Å². The monoisotopic (exact) mass is 253 g/mol. The third-order valence-electron chi connectivity index (χ3n) is 3.78. The maximum Gasteiger partial charge on any atom is 0.135 e. The van der Waals surface area contributed by atoms with E-state index in [9.17, 15) is 0 Å². The number of benzene rings is 1. The van der Waals surface area contributed by atoms with Gasteiger partial charge in [-0.1, -0.05) is 36.4 Å². The first kappa shape index (κ1) is 12.2. The maximum absolute atomic E-state index is 5.94. The van der Waals surface area contributed by atoms with Crippen LogP contribution < -0.4 is 4.90 Å². The number of nitrogens with zero attached hydrogens (tertiary/aromatic N) is 1. The van der Waals surface area contributed by atoms with E-state index >= 15 is 0 Å². The van der Waals surface area contributed by atoms with Gasteiger partial charge in [-0.05, 0) is 30.7 Å². The van der Waals surface area contributed by atoms with Crippen molar-refractivity contribution in [2.45, 2.75) is 18.6 Å². The predicted molar refractivity (Wildman–Crippen MR) is 79.4 cm³/mol. The van der Waals surface area contributed by atoms with Crippen molar-refractivity contribution < 1.29 is 4.74 Å². The molecule has 2 aliphatic rings. The van der Waals surface area contributed by atoms with Gasteiger partial charge in [0.1, 0.15) is 11.7 Å². The van der Waals surface area contributed by atoms with Crippen molar-refractivity contribution in [3.8, 4) is 0 Å². The Labute approximate surface area is 114 Å². The Morgan fingerprint density at radius 2 is 2.16 bits per heavy atom. The highest BCUT2D eigenvalue weighted by atomic mass is 16.6. The van der Waals surface area contributed by atoms with Gasteiger partial charge in [0.15, 0.2) is 0 Å². The standard InChI is InChI=1S/C17H19NO/c1-3-12-18(15-9-5-4-6-10-15)13-17-11-7-8-14(2)16(17)19-17/h3-11,16H,1,12-13H2,2H3. The van der Waals surface area contributed by atoms with Gasteiger partial charge < -0.3 is 9.64 Å². The highest BCUT2D eigenvalue weighted by Crippen LogP contribution is 2.45. The summed E-state index contributed by atoms with van der Waals surface area (Å²) in [6.45, 7) is 7.70. The summed E-state index contributed by atoms with van der Waals surface area (Å²) < 4.78 is 5.94. The zero-order valence-corrected chi connectivity index (χ0v) is 11.3. The van der Waals surface area contributed by atoms with Crippen molar-refractivity contribution in [3.63, 3.8) is 0 Å². The highest BCUT2D eigenvalue weighted by molar-refractivity contribution is 5.49. The van der Waals surface area contributed by atoms with E-state index in [1.807, 2.05) is 12.1 Å². The van der Waals surface area contributed by atoms with Crippen molar-refractivity contribution in [3.05, 3.63) is 66.8 Å². The molecule has 1 saturated heterocycles. The van der Waals surface area contributed by atoms with Crippen molar-refractivity contribution in [1.29, 1.82) is 0 Å². The number of hydrogen-bond donors (Lipinski definition) is 0. The summed E-state index contributed by atoms with van der Waals surface area (Å²) in [5, 5.41) is 0. The summed E-state index contributed by atoms with van der Waals surface area (Å²) in [6, 6.07) is 10.4. The Balaban J connectivity index is 1.79. The summed E-state index contributed by atoms with van der Waals surface area (Å²) in [7, 11) is 0.